The van der Waals surface area contributed by atoms with Gasteiger partial charge in [0.15, 0.2) is 5.65 Å². The van der Waals surface area contributed by atoms with Gasteiger partial charge in [-0.1, -0.05) is 12.1 Å². The molecule has 0 fully saturated rings. The predicted octanol–water partition coefficient (Wildman–Crippen LogP) is 3.09. The summed E-state index contributed by atoms with van der Waals surface area (Å²) in [6.07, 6.45) is 4.92. The Hall–Kier alpha value is -2.66. The molecule has 24 heavy (non-hydrogen) atoms. The summed E-state index contributed by atoms with van der Waals surface area (Å²) >= 11 is 0. The van der Waals surface area contributed by atoms with Crippen LogP contribution < -0.4 is 5.32 Å². The van der Waals surface area contributed by atoms with E-state index < -0.39 is 0 Å². The van der Waals surface area contributed by atoms with E-state index in [4.69, 9.17) is 0 Å². The number of fused-ring (bicyclic) bond motifs is 2. The lowest BCUT2D eigenvalue weighted by Crippen LogP contribution is -2.16. The highest BCUT2D eigenvalue weighted by Gasteiger charge is 2.06. The molecule has 4 rings (SSSR count). The first-order chi connectivity index (χ1) is 11.7. The van der Waals surface area contributed by atoms with Crippen LogP contribution in [-0.2, 0) is 20.0 Å². The first kappa shape index (κ1) is 14.9. The lowest BCUT2D eigenvalue weighted by molar-refractivity contribution is 0.686. The SMILES string of the molecule is Cc1nn(C)c2ncc(CNCCc3ccc4cc[nH]c4c3)cc12. The number of benzene rings is 1. The zero-order chi connectivity index (χ0) is 16.5. The van der Waals surface area contributed by atoms with Crippen molar-refractivity contribution in [3.63, 3.8) is 0 Å². The molecule has 0 atom stereocenters. The molecule has 0 bridgehead atoms. The molecule has 3 heterocycles. The molecule has 4 aromatic rings. The average molecular weight is 319 g/mol. The molecule has 1 aromatic carbocycles. The van der Waals surface area contributed by atoms with Gasteiger partial charge in [0.25, 0.3) is 0 Å². The molecule has 3 aromatic heterocycles. The molecule has 0 aliphatic carbocycles. The number of aromatic nitrogens is 4. The Bertz CT molecular complexity index is 996. The van der Waals surface area contributed by atoms with Crippen molar-refractivity contribution in [3.8, 4) is 0 Å². The van der Waals surface area contributed by atoms with Crippen LogP contribution in [-0.4, -0.2) is 26.3 Å². The van der Waals surface area contributed by atoms with Crippen molar-refractivity contribution in [3.05, 3.63) is 59.5 Å². The van der Waals surface area contributed by atoms with E-state index in [-0.39, 0.29) is 0 Å². The Morgan fingerprint density at radius 3 is 3.00 bits per heavy atom. The van der Waals surface area contributed by atoms with E-state index in [2.05, 4.69) is 50.7 Å². The topological polar surface area (TPSA) is 58.5 Å². The van der Waals surface area contributed by atoms with Crippen molar-refractivity contribution in [1.82, 2.24) is 25.1 Å². The second-order valence-corrected chi connectivity index (χ2v) is 6.25. The number of hydrogen-bond acceptors (Lipinski definition) is 3. The summed E-state index contributed by atoms with van der Waals surface area (Å²) in [6, 6.07) is 10.9. The van der Waals surface area contributed by atoms with Gasteiger partial charge in [-0.2, -0.15) is 5.10 Å². The molecule has 0 aliphatic heterocycles. The first-order valence-electron chi connectivity index (χ1n) is 8.26. The number of hydrogen-bond donors (Lipinski definition) is 2. The second kappa shape index (κ2) is 6.09. The van der Waals surface area contributed by atoms with Crippen LogP contribution in [0.5, 0.6) is 0 Å². The van der Waals surface area contributed by atoms with Gasteiger partial charge in [0.1, 0.15) is 0 Å². The zero-order valence-corrected chi connectivity index (χ0v) is 14.0. The molecule has 0 saturated heterocycles. The molecule has 0 spiro atoms. The van der Waals surface area contributed by atoms with E-state index in [9.17, 15) is 0 Å². The van der Waals surface area contributed by atoms with Crippen molar-refractivity contribution < 1.29 is 0 Å². The summed E-state index contributed by atoms with van der Waals surface area (Å²) in [5, 5.41) is 10.3. The largest absolute Gasteiger partial charge is 0.361 e. The molecule has 5 nitrogen and oxygen atoms in total. The minimum atomic E-state index is 0.821. The van der Waals surface area contributed by atoms with Crippen LogP contribution in [0.4, 0.5) is 0 Å². The van der Waals surface area contributed by atoms with Crippen molar-refractivity contribution in [1.29, 1.82) is 0 Å². The Kier molecular flexibility index (Phi) is 3.78. The average Bonchev–Trinajstić information content (AvgIpc) is 3.16. The molecule has 0 saturated carbocycles. The van der Waals surface area contributed by atoms with Crippen molar-refractivity contribution in [2.45, 2.75) is 19.9 Å². The number of rotatable bonds is 5. The Morgan fingerprint density at radius 1 is 1.17 bits per heavy atom. The van der Waals surface area contributed by atoms with Gasteiger partial charge in [-0.25, -0.2) is 4.98 Å². The van der Waals surface area contributed by atoms with Gasteiger partial charge in [0.2, 0.25) is 0 Å². The normalized spacial score (nSPS) is 11.6. The molecule has 122 valence electrons. The van der Waals surface area contributed by atoms with Gasteiger partial charge in [0, 0.05) is 36.9 Å². The van der Waals surface area contributed by atoms with Crippen LogP contribution in [0, 0.1) is 6.92 Å². The van der Waals surface area contributed by atoms with Gasteiger partial charge >= 0.3 is 0 Å². The Balaban J connectivity index is 1.37. The van der Waals surface area contributed by atoms with Gasteiger partial charge in [0.05, 0.1) is 5.69 Å². The fourth-order valence-electron chi connectivity index (χ4n) is 3.16. The van der Waals surface area contributed by atoms with Crippen LogP contribution in [0.25, 0.3) is 21.9 Å². The fraction of sp³-hybridized carbons (Fsp3) is 0.263. The summed E-state index contributed by atoms with van der Waals surface area (Å²) in [7, 11) is 1.93. The highest BCUT2D eigenvalue weighted by atomic mass is 15.3. The van der Waals surface area contributed by atoms with Crippen LogP contribution in [0.3, 0.4) is 0 Å². The summed E-state index contributed by atoms with van der Waals surface area (Å²) in [6.45, 7) is 3.79. The van der Waals surface area contributed by atoms with Crippen LogP contribution in [0.2, 0.25) is 0 Å². The molecule has 2 N–H and O–H groups in total. The molecule has 0 aliphatic rings. The summed E-state index contributed by atoms with van der Waals surface area (Å²) in [5.74, 6) is 0. The summed E-state index contributed by atoms with van der Waals surface area (Å²) in [5.41, 5.74) is 5.71. The number of aryl methyl sites for hydroxylation is 2. The number of nitrogens with one attached hydrogen (secondary N) is 2. The van der Waals surface area contributed by atoms with Crippen LogP contribution >= 0.6 is 0 Å². The maximum absolute atomic E-state index is 4.52. The predicted molar refractivity (Wildman–Crippen MR) is 97.0 cm³/mol. The maximum Gasteiger partial charge on any atom is 0.157 e. The van der Waals surface area contributed by atoms with Gasteiger partial charge < -0.3 is 10.3 Å². The third-order valence-electron chi connectivity index (χ3n) is 4.46. The molecule has 0 unspecified atom stereocenters. The number of aromatic amines is 1. The van der Waals surface area contributed by atoms with Crippen LogP contribution in [0.1, 0.15) is 16.8 Å². The second-order valence-electron chi connectivity index (χ2n) is 6.25. The third-order valence-corrected chi connectivity index (χ3v) is 4.46. The number of H-pyrrole nitrogens is 1. The molecule has 0 amide bonds. The summed E-state index contributed by atoms with van der Waals surface area (Å²) < 4.78 is 1.83. The minimum absolute atomic E-state index is 0.821. The monoisotopic (exact) mass is 319 g/mol. The smallest absolute Gasteiger partial charge is 0.157 e. The van der Waals surface area contributed by atoms with E-state index in [0.29, 0.717) is 0 Å². The van der Waals surface area contributed by atoms with Crippen LogP contribution in [0.15, 0.2) is 42.7 Å². The van der Waals surface area contributed by atoms with Gasteiger partial charge in [-0.15, -0.1) is 0 Å². The highest BCUT2D eigenvalue weighted by molar-refractivity contribution is 5.80. The van der Waals surface area contributed by atoms with E-state index in [1.807, 2.05) is 31.0 Å². The Morgan fingerprint density at radius 2 is 2.08 bits per heavy atom. The minimum Gasteiger partial charge on any atom is -0.361 e. The van der Waals surface area contributed by atoms with Crippen molar-refractivity contribution in [2.24, 2.45) is 7.05 Å². The lowest BCUT2D eigenvalue weighted by atomic mass is 10.1. The standard InChI is InChI=1S/C19H21N5/c1-13-17-9-15(12-22-19(17)24(2)23-13)11-20-7-5-14-3-4-16-6-8-21-18(16)10-14/h3-4,6,8-10,12,20-21H,5,7,11H2,1-2H3. The summed E-state index contributed by atoms with van der Waals surface area (Å²) in [4.78, 5) is 7.79. The number of nitrogens with zero attached hydrogens (tertiary/aromatic N) is 3. The zero-order valence-electron chi connectivity index (χ0n) is 14.0. The van der Waals surface area contributed by atoms with E-state index >= 15 is 0 Å². The third kappa shape index (κ3) is 2.78. The number of pyridine rings is 1. The van der Waals surface area contributed by atoms with Crippen molar-refractivity contribution in [2.75, 3.05) is 6.54 Å². The van der Waals surface area contributed by atoms with E-state index in [1.54, 1.807) is 0 Å². The highest BCUT2D eigenvalue weighted by Crippen LogP contribution is 2.17. The first-order valence-corrected chi connectivity index (χ1v) is 8.26. The van der Waals surface area contributed by atoms with E-state index in [1.165, 1.54) is 22.0 Å². The molecular weight excluding hydrogens is 298 g/mol. The molecular formula is C19H21N5. The maximum atomic E-state index is 4.52. The van der Waals surface area contributed by atoms with Crippen molar-refractivity contribution >= 4 is 21.9 Å². The van der Waals surface area contributed by atoms with Gasteiger partial charge in [-0.3, -0.25) is 4.68 Å². The quantitative estimate of drug-likeness (QED) is 0.556. The Labute approximate surface area is 140 Å². The molecule has 0 radical (unpaired) electrons. The lowest BCUT2D eigenvalue weighted by Gasteiger charge is -2.06. The van der Waals surface area contributed by atoms with Gasteiger partial charge in [-0.05, 0) is 54.6 Å². The van der Waals surface area contributed by atoms with E-state index in [0.717, 1.165) is 36.2 Å². The fourth-order valence-corrected chi connectivity index (χ4v) is 3.16. The molecule has 5 heteroatoms.